The molecule has 27 heavy (non-hydrogen) atoms. The van der Waals surface area contributed by atoms with Gasteiger partial charge in [0.2, 0.25) is 0 Å². The second-order valence-corrected chi connectivity index (χ2v) is 6.92. The maximum absolute atomic E-state index is 12.8. The van der Waals surface area contributed by atoms with Gasteiger partial charge in [-0.05, 0) is 43.5 Å². The van der Waals surface area contributed by atoms with Crippen LogP contribution in [0.1, 0.15) is 48.2 Å². The number of halogens is 3. The van der Waals surface area contributed by atoms with E-state index in [2.05, 4.69) is 10.3 Å². The van der Waals surface area contributed by atoms with E-state index in [9.17, 15) is 23.1 Å². The van der Waals surface area contributed by atoms with Crippen LogP contribution in [0.5, 0.6) is 0 Å². The Balaban J connectivity index is 1.62. The molecule has 1 heterocycles. The van der Waals surface area contributed by atoms with Gasteiger partial charge in [0, 0.05) is 17.7 Å². The van der Waals surface area contributed by atoms with Gasteiger partial charge in [-0.1, -0.05) is 31.0 Å². The molecule has 1 amide bonds. The van der Waals surface area contributed by atoms with Gasteiger partial charge < -0.3 is 10.4 Å². The largest absolute Gasteiger partial charge is 0.433 e. The molecule has 0 spiro atoms. The van der Waals surface area contributed by atoms with Crippen LogP contribution in [0.25, 0.3) is 11.3 Å². The normalized spacial score (nSPS) is 16.3. The molecule has 1 saturated carbocycles. The minimum absolute atomic E-state index is 0.195. The molecule has 0 bridgehead atoms. The summed E-state index contributed by atoms with van der Waals surface area (Å²) in [5, 5.41) is 13.1. The molecule has 1 aromatic carbocycles. The molecule has 7 heteroatoms. The number of benzene rings is 1. The van der Waals surface area contributed by atoms with E-state index in [1.54, 1.807) is 24.3 Å². The molecule has 0 atom stereocenters. The van der Waals surface area contributed by atoms with Crippen LogP contribution < -0.4 is 5.32 Å². The average Bonchev–Trinajstić information content (AvgIpc) is 3.08. The Kier molecular flexibility index (Phi) is 5.51. The monoisotopic (exact) mass is 378 g/mol. The topological polar surface area (TPSA) is 62.2 Å². The van der Waals surface area contributed by atoms with Crippen LogP contribution in [0.2, 0.25) is 0 Å². The number of pyridine rings is 1. The Hall–Kier alpha value is -2.41. The second-order valence-electron chi connectivity index (χ2n) is 6.92. The van der Waals surface area contributed by atoms with E-state index in [1.165, 1.54) is 12.1 Å². The molecule has 0 radical (unpaired) electrons. The Morgan fingerprint density at radius 2 is 1.78 bits per heavy atom. The zero-order chi connectivity index (χ0) is 19.5. The highest BCUT2D eigenvalue weighted by Crippen LogP contribution is 2.32. The molecule has 1 aromatic heterocycles. The first kappa shape index (κ1) is 19.4. The molecule has 4 nitrogen and oxygen atoms in total. The molecule has 144 valence electrons. The zero-order valence-corrected chi connectivity index (χ0v) is 14.7. The molecule has 1 fully saturated rings. The highest BCUT2D eigenvalue weighted by atomic mass is 19.4. The van der Waals surface area contributed by atoms with Crippen molar-refractivity contribution in [3.63, 3.8) is 0 Å². The van der Waals surface area contributed by atoms with Crippen LogP contribution in [-0.4, -0.2) is 28.1 Å². The fourth-order valence-electron chi connectivity index (χ4n) is 3.34. The number of alkyl halides is 3. The number of hydrogen-bond acceptors (Lipinski definition) is 3. The second kappa shape index (κ2) is 7.68. The van der Waals surface area contributed by atoms with Crippen molar-refractivity contribution in [3.05, 3.63) is 53.7 Å². The van der Waals surface area contributed by atoms with E-state index >= 15 is 0 Å². The fourth-order valence-corrected chi connectivity index (χ4v) is 3.34. The number of aromatic nitrogens is 1. The minimum Gasteiger partial charge on any atom is -0.390 e. The van der Waals surface area contributed by atoms with Crippen molar-refractivity contribution < 1.29 is 23.1 Å². The first-order chi connectivity index (χ1) is 12.8. The van der Waals surface area contributed by atoms with Crippen LogP contribution in [0.3, 0.4) is 0 Å². The van der Waals surface area contributed by atoms with Gasteiger partial charge in [0.25, 0.3) is 5.91 Å². The molecule has 1 aliphatic rings. The van der Waals surface area contributed by atoms with Gasteiger partial charge in [-0.3, -0.25) is 4.79 Å². The highest BCUT2D eigenvalue weighted by molar-refractivity contribution is 5.94. The maximum Gasteiger partial charge on any atom is 0.433 e. The summed E-state index contributed by atoms with van der Waals surface area (Å²) in [6, 6.07) is 9.97. The van der Waals surface area contributed by atoms with Gasteiger partial charge in [-0.15, -0.1) is 0 Å². The summed E-state index contributed by atoms with van der Waals surface area (Å²) >= 11 is 0. The lowest BCUT2D eigenvalue weighted by atomic mass is 9.98. The number of nitrogens with one attached hydrogen (secondary N) is 1. The minimum atomic E-state index is -4.50. The first-order valence-electron chi connectivity index (χ1n) is 8.92. The summed E-state index contributed by atoms with van der Waals surface area (Å²) in [5.41, 5.74) is -0.527. The van der Waals surface area contributed by atoms with Crippen molar-refractivity contribution in [2.24, 2.45) is 0 Å². The first-order valence-corrected chi connectivity index (χ1v) is 8.92. The molecule has 0 aliphatic heterocycles. The number of rotatable bonds is 5. The zero-order valence-electron chi connectivity index (χ0n) is 14.7. The van der Waals surface area contributed by atoms with Gasteiger partial charge in [0.15, 0.2) is 0 Å². The smallest absolute Gasteiger partial charge is 0.390 e. The highest BCUT2D eigenvalue weighted by Gasteiger charge is 2.32. The SMILES string of the molecule is O=C(NCCC1(O)CCCC1)c1ccc(-c2cccc(C(F)(F)F)n2)cc1. The molecule has 0 saturated heterocycles. The van der Waals surface area contributed by atoms with Crippen LogP contribution in [0, 0.1) is 0 Å². The summed E-state index contributed by atoms with van der Waals surface area (Å²) in [4.78, 5) is 15.8. The standard InChI is InChI=1S/C20H21F3N2O2/c21-20(22,23)17-5-3-4-16(25-17)14-6-8-15(9-7-14)18(26)24-13-12-19(27)10-1-2-11-19/h3-9,27H,1-2,10-13H2,(H,24,26). The van der Waals surface area contributed by atoms with Gasteiger partial charge in [0.1, 0.15) is 5.69 Å². The Morgan fingerprint density at radius 3 is 2.41 bits per heavy atom. The van der Waals surface area contributed by atoms with E-state index in [0.717, 1.165) is 31.7 Å². The van der Waals surface area contributed by atoms with Crippen LogP contribution in [0.15, 0.2) is 42.5 Å². The molecule has 2 aromatic rings. The predicted molar refractivity (Wildman–Crippen MR) is 95.0 cm³/mol. The number of hydrogen-bond donors (Lipinski definition) is 2. The van der Waals surface area contributed by atoms with Crippen molar-refractivity contribution in [3.8, 4) is 11.3 Å². The van der Waals surface area contributed by atoms with Crippen molar-refractivity contribution >= 4 is 5.91 Å². The van der Waals surface area contributed by atoms with Crippen molar-refractivity contribution in [2.45, 2.75) is 43.9 Å². The van der Waals surface area contributed by atoms with Crippen LogP contribution in [0.4, 0.5) is 13.2 Å². The maximum atomic E-state index is 12.8. The summed E-state index contributed by atoms with van der Waals surface area (Å²) in [6.45, 7) is 0.381. The predicted octanol–water partition coefficient (Wildman–Crippen LogP) is 4.19. The van der Waals surface area contributed by atoms with E-state index in [1.807, 2.05) is 0 Å². The number of carbonyl (C=O) groups is 1. The van der Waals surface area contributed by atoms with Gasteiger partial charge >= 0.3 is 6.18 Å². The number of aliphatic hydroxyl groups is 1. The van der Waals surface area contributed by atoms with E-state index in [-0.39, 0.29) is 11.6 Å². The molecule has 3 rings (SSSR count). The van der Waals surface area contributed by atoms with Crippen LogP contribution >= 0.6 is 0 Å². The Morgan fingerprint density at radius 1 is 1.11 bits per heavy atom. The molecule has 1 aliphatic carbocycles. The molecular weight excluding hydrogens is 357 g/mol. The van der Waals surface area contributed by atoms with Gasteiger partial charge in [-0.25, -0.2) is 4.98 Å². The Labute approximate surface area is 155 Å². The van der Waals surface area contributed by atoms with E-state index in [0.29, 0.717) is 24.1 Å². The third-order valence-corrected chi connectivity index (χ3v) is 4.89. The Bertz CT molecular complexity index is 798. The van der Waals surface area contributed by atoms with E-state index < -0.39 is 17.5 Å². The number of carbonyl (C=O) groups excluding carboxylic acids is 1. The molecule has 0 unspecified atom stereocenters. The summed E-state index contributed by atoms with van der Waals surface area (Å²) in [7, 11) is 0. The summed E-state index contributed by atoms with van der Waals surface area (Å²) in [5.74, 6) is -0.278. The lowest BCUT2D eigenvalue weighted by Crippen LogP contribution is -2.32. The molecule has 2 N–H and O–H groups in total. The molecular formula is C20H21F3N2O2. The summed E-state index contributed by atoms with van der Waals surface area (Å²) < 4.78 is 38.3. The number of nitrogens with zero attached hydrogens (tertiary/aromatic N) is 1. The third-order valence-electron chi connectivity index (χ3n) is 4.89. The quantitative estimate of drug-likeness (QED) is 0.820. The lowest BCUT2D eigenvalue weighted by molar-refractivity contribution is -0.141. The van der Waals surface area contributed by atoms with E-state index in [4.69, 9.17) is 0 Å². The van der Waals surface area contributed by atoms with Gasteiger partial charge in [0.05, 0.1) is 11.3 Å². The summed E-state index contributed by atoms with van der Waals surface area (Å²) in [6.07, 6.45) is -0.432. The lowest BCUT2D eigenvalue weighted by Gasteiger charge is -2.21. The van der Waals surface area contributed by atoms with Crippen molar-refractivity contribution in [1.29, 1.82) is 0 Å². The van der Waals surface area contributed by atoms with Gasteiger partial charge in [-0.2, -0.15) is 13.2 Å². The number of amides is 1. The van der Waals surface area contributed by atoms with Crippen LogP contribution in [-0.2, 0) is 6.18 Å². The third kappa shape index (κ3) is 4.86. The van der Waals surface area contributed by atoms with Crippen molar-refractivity contribution in [1.82, 2.24) is 10.3 Å². The van der Waals surface area contributed by atoms with Crippen molar-refractivity contribution in [2.75, 3.05) is 6.54 Å². The fraction of sp³-hybridized carbons (Fsp3) is 0.400. The average molecular weight is 378 g/mol.